The predicted molar refractivity (Wildman–Crippen MR) is 82.7 cm³/mol. The largest absolute Gasteiger partial charge is 0.480 e. The molecule has 1 saturated heterocycles. The fourth-order valence-electron chi connectivity index (χ4n) is 4.20. The normalized spacial score (nSPS) is 28.3. The molecule has 1 N–H and O–H groups in total. The summed E-state index contributed by atoms with van der Waals surface area (Å²) in [6.45, 7) is 1.85. The molecule has 2 aliphatic heterocycles. The highest BCUT2D eigenvalue weighted by Crippen LogP contribution is 2.60. The van der Waals surface area contributed by atoms with Gasteiger partial charge in [0.1, 0.15) is 6.04 Å². The van der Waals surface area contributed by atoms with Crippen molar-refractivity contribution < 1.29 is 19.4 Å². The summed E-state index contributed by atoms with van der Waals surface area (Å²) >= 11 is 0. The Morgan fingerprint density at radius 2 is 1.87 bits per heavy atom. The maximum atomic E-state index is 13.0. The van der Waals surface area contributed by atoms with Crippen LogP contribution in [0, 0.1) is 11.3 Å². The van der Waals surface area contributed by atoms with E-state index in [1.54, 1.807) is 4.90 Å². The molecular weight excluding hydrogens is 294 g/mol. The molecule has 1 aliphatic carbocycles. The number of rotatable bonds is 2. The van der Waals surface area contributed by atoms with Crippen molar-refractivity contribution in [1.82, 2.24) is 4.90 Å². The van der Waals surface area contributed by atoms with Crippen LogP contribution >= 0.6 is 0 Å². The van der Waals surface area contributed by atoms with E-state index in [0.717, 1.165) is 43.6 Å². The van der Waals surface area contributed by atoms with E-state index in [-0.39, 0.29) is 17.2 Å². The Hall–Kier alpha value is -1.88. The van der Waals surface area contributed by atoms with Crippen LogP contribution in [-0.2, 0) is 27.3 Å². The first-order valence-electron chi connectivity index (χ1n) is 8.28. The van der Waals surface area contributed by atoms with Gasteiger partial charge in [0.2, 0.25) is 5.91 Å². The summed E-state index contributed by atoms with van der Waals surface area (Å²) in [6, 6.07) is 7.08. The first-order chi connectivity index (χ1) is 11.1. The van der Waals surface area contributed by atoms with Crippen molar-refractivity contribution in [2.45, 2.75) is 38.3 Å². The number of carbonyl (C=O) groups is 2. The van der Waals surface area contributed by atoms with Gasteiger partial charge in [-0.3, -0.25) is 4.79 Å². The molecule has 1 aromatic rings. The molecule has 3 aliphatic rings. The van der Waals surface area contributed by atoms with E-state index >= 15 is 0 Å². The number of ether oxygens (including phenoxy) is 1. The highest BCUT2D eigenvalue weighted by Gasteiger charge is 2.59. The lowest BCUT2D eigenvalue weighted by Crippen LogP contribution is -2.49. The molecule has 5 heteroatoms. The van der Waals surface area contributed by atoms with Crippen LogP contribution in [0.25, 0.3) is 0 Å². The summed E-state index contributed by atoms with van der Waals surface area (Å²) in [6.07, 6.45) is 3.14. The van der Waals surface area contributed by atoms with Crippen LogP contribution in [0.5, 0.6) is 0 Å². The van der Waals surface area contributed by atoms with Crippen LogP contribution in [0.4, 0.5) is 0 Å². The second-order valence-electron chi connectivity index (χ2n) is 7.02. The van der Waals surface area contributed by atoms with Gasteiger partial charge in [0.15, 0.2) is 0 Å². The molecule has 0 bridgehead atoms. The summed E-state index contributed by atoms with van der Waals surface area (Å²) < 4.78 is 5.41. The number of hydrogen-bond acceptors (Lipinski definition) is 3. The molecule has 0 radical (unpaired) electrons. The van der Waals surface area contributed by atoms with Crippen molar-refractivity contribution in [3.05, 3.63) is 35.4 Å². The number of hydrogen-bond donors (Lipinski definition) is 1. The first-order valence-corrected chi connectivity index (χ1v) is 8.28. The maximum absolute atomic E-state index is 13.0. The Balaban J connectivity index is 1.57. The fourth-order valence-corrected chi connectivity index (χ4v) is 4.20. The molecule has 1 aromatic carbocycles. The quantitative estimate of drug-likeness (QED) is 0.904. The molecule has 2 fully saturated rings. The van der Waals surface area contributed by atoms with E-state index in [2.05, 4.69) is 0 Å². The van der Waals surface area contributed by atoms with Gasteiger partial charge < -0.3 is 14.7 Å². The smallest absolute Gasteiger partial charge is 0.326 e. The van der Waals surface area contributed by atoms with Gasteiger partial charge in [-0.15, -0.1) is 0 Å². The van der Waals surface area contributed by atoms with Gasteiger partial charge in [-0.1, -0.05) is 24.3 Å². The molecule has 1 saturated carbocycles. The van der Waals surface area contributed by atoms with Gasteiger partial charge in [0, 0.05) is 32.1 Å². The Morgan fingerprint density at radius 3 is 2.57 bits per heavy atom. The molecule has 0 aromatic heterocycles. The van der Waals surface area contributed by atoms with Gasteiger partial charge >= 0.3 is 5.97 Å². The van der Waals surface area contributed by atoms with Crippen molar-refractivity contribution in [3.8, 4) is 0 Å². The second kappa shape index (κ2) is 5.34. The van der Waals surface area contributed by atoms with E-state index in [1.807, 2.05) is 24.3 Å². The zero-order chi connectivity index (χ0) is 16.0. The van der Waals surface area contributed by atoms with Crippen molar-refractivity contribution in [1.29, 1.82) is 0 Å². The van der Waals surface area contributed by atoms with Crippen LogP contribution in [-0.4, -0.2) is 41.1 Å². The molecule has 122 valence electrons. The van der Waals surface area contributed by atoms with E-state index in [0.29, 0.717) is 13.0 Å². The SMILES string of the molecule is O=C(O)[C@@H]1Cc2ccccc2CN1C(=O)[C@H]1CC12CCOCC2. The molecule has 4 rings (SSSR count). The average molecular weight is 315 g/mol. The van der Waals surface area contributed by atoms with Gasteiger partial charge in [0.05, 0.1) is 0 Å². The molecule has 1 amide bonds. The number of carboxylic acids is 1. The van der Waals surface area contributed by atoms with Crippen LogP contribution in [0.2, 0.25) is 0 Å². The summed E-state index contributed by atoms with van der Waals surface area (Å²) in [4.78, 5) is 26.3. The summed E-state index contributed by atoms with van der Waals surface area (Å²) in [7, 11) is 0. The number of carbonyl (C=O) groups excluding carboxylic acids is 1. The summed E-state index contributed by atoms with van der Waals surface area (Å²) in [5.41, 5.74) is 2.19. The highest BCUT2D eigenvalue weighted by atomic mass is 16.5. The van der Waals surface area contributed by atoms with Crippen molar-refractivity contribution in [3.63, 3.8) is 0 Å². The molecule has 2 heterocycles. The Kier molecular flexibility index (Phi) is 3.41. The Bertz CT molecular complexity index is 650. The third kappa shape index (κ3) is 2.43. The second-order valence-corrected chi connectivity index (χ2v) is 7.02. The van der Waals surface area contributed by atoms with Crippen LogP contribution in [0.3, 0.4) is 0 Å². The number of aliphatic carboxylic acids is 1. The molecular formula is C18H21NO4. The number of carboxylic acid groups (broad SMARTS) is 1. The van der Waals surface area contributed by atoms with Crippen LogP contribution in [0.15, 0.2) is 24.3 Å². The minimum atomic E-state index is -0.908. The molecule has 2 atom stereocenters. The zero-order valence-corrected chi connectivity index (χ0v) is 13.0. The maximum Gasteiger partial charge on any atom is 0.326 e. The third-order valence-electron chi connectivity index (χ3n) is 5.79. The van der Waals surface area contributed by atoms with E-state index in [4.69, 9.17) is 4.74 Å². The van der Waals surface area contributed by atoms with Crippen LogP contribution in [0.1, 0.15) is 30.4 Å². The molecule has 1 spiro atoms. The minimum Gasteiger partial charge on any atom is -0.480 e. The Labute approximate surface area is 135 Å². The fraction of sp³-hybridized carbons (Fsp3) is 0.556. The van der Waals surface area contributed by atoms with Crippen molar-refractivity contribution in [2.24, 2.45) is 11.3 Å². The van der Waals surface area contributed by atoms with Gasteiger partial charge in [-0.2, -0.15) is 0 Å². The monoisotopic (exact) mass is 315 g/mol. The predicted octanol–water partition coefficient (Wildman–Crippen LogP) is 1.84. The van der Waals surface area contributed by atoms with Gasteiger partial charge in [0.25, 0.3) is 0 Å². The number of nitrogens with zero attached hydrogens (tertiary/aromatic N) is 1. The lowest BCUT2D eigenvalue weighted by Gasteiger charge is -2.35. The van der Waals surface area contributed by atoms with E-state index in [1.165, 1.54) is 0 Å². The first kappa shape index (κ1) is 14.7. The molecule has 5 nitrogen and oxygen atoms in total. The third-order valence-corrected chi connectivity index (χ3v) is 5.79. The number of amides is 1. The Morgan fingerprint density at radius 1 is 1.17 bits per heavy atom. The zero-order valence-electron chi connectivity index (χ0n) is 13.0. The summed E-state index contributed by atoms with van der Waals surface area (Å²) in [5.74, 6) is -0.901. The highest BCUT2D eigenvalue weighted by molar-refractivity contribution is 5.88. The topological polar surface area (TPSA) is 66.8 Å². The lowest BCUT2D eigenvalue weighted by atomic mass is 9.91. The van der Waals surface area contributed by atoms with Crippen molar-refractivity contribution in [2.75, 3.05) is 13.2 Å². The standard InChI is InChI=1S/C18H21NO4/c20-16(14-10-18(14)5-7-23-8-6-18)19-11-13-4-2-1-3-12(13)9-15(19)17(21)22/h1-4,14-15H,5-11H2,(H,21,22)/t14-,15+/m1/s1. The lowest BCUT2D eigenvalue weighted by molar-refractivity contribution is -0.152. The van der Waals surface area contributed by atoms with Crippen LogP contribution < -0.4 is 0 Å². The van der Waals surface area contributed by atoms with Gasteiger partial charge in [-0.05, 0) is 35.8 Å². The van der Waals surface area contributed by atoms with E-state index in [9.17, 15) is 14.7 Å². The average Bonchev–Trinajstić information content (AvgIpc) is 3.26. The number of fused-ring (bicyclic) bond motifs is 1. The summed E-state index contributed by atoms with van der Waals surface area (Å²) in [5, 5.41) is 9.57. The van der Waals surface area contributed by atoms with Crippen molar-refractivity contribution >= 4 is 11.9 Å². The molecule has 0 unspecified atom stereocenters. The molecule has 23 heavy (non-hydrogen) atoms. The van der Waals surface area contributed by atoms with E-state index < -0.39 is 12.0 Å². The number of benzene rings is 1. The van der Waals surface area contributed by atoms with Gasteiger partial charge in [-0.25, -0.2) is 4.79 Å². The minimum absolute atomic E-state index is 0.0153.